The molecule has 0 fully saturated rings. The molecule has 0 amide bonds. The summed E-state index contributed by atoms with van der Waals surface area (Å²) in [6, 6.07) is 0. The highest BCUT2D eigenvalue weighted by atomic mass is 127. The average molecular weight is 343 g/mol. The van der Waals surface area contributed by atoms with E-state index in [2.05, 4.69) is 74.0 Å². The van der Waals surface area contributed by atoms with Crippen LogP contribution >= 0.6 is 22.6 Å². The third kappa shape index (κ3) is 6.61. The molecular weight excluding hydrogens is 321 g/mol. The molecule has 0 saturated heterocycles. The van der Waals surface area contributed by atoms with Gasteiger partial charge in [0.1, 0.15) is 0 Å². The van der Waals surface area contributed by atoms with E-state index in [4.69, 9.17) is 0 Å². The van der Waals surface area contributed by atoms with Crippen molar-refractivity contribution >= 4 is 26.3 Å². The van der Waals surface area contributed by atoms with E-state index < -0.39 is 0 Å². The Morgan fingerprint density at radius 1 is 1.18 bits per heavy atom. The minimum absolute atomic E-state index is 0.128. The van der Waals surface area contributed by atoms with Gasteiger partial charge in [0.2, 0.25) is 0 Å². The number of hydrogen-bond donors (Lipinski definition) is 0. The Morgan fingerprint density at radius 3 is 2.18 bits per heavy atom. The van der Waals surface area contributed by atoms with Gasteiger partial charge in [-0.3, -0.25) is 4.99 Å². The molecule has 0 aliphatic carbocycles. The van der Waals surface area contributed by atoms with E-state index in [-0.39, 0.29) is 5.41 Å². The normalized spacial score (nSPS) is 15.5. The van der Waals surface area contributed by atoms with E-state index in [9.17, 15) is 0 Å². The highest BCUT2D eigenvalue weighted by Crippen LogP contribution is 2.29. The molecule has 0 rings (SSSR count). The van der Waals surface area contributed by atoms with Gasteiger partial charge in [0.15, 0.2) is 0 Å². The first-order chi connectivity index (χ1) is 7.82. The second-order valence-corrected chi connectivity index (χ2v) is 5.93. The van der Waals surface area contributed by atoms with Crippen LogP contribution < -0.4 is 0 Å². The predicted octanol–water partition coefficient (Wildman–Crippen LogP) is 5.11. The lowest BCUT2D eigenvalue weighted by Gasteiger charge is -2.22. The van der Waals surface area contributed by atoms with Crippen LogP contribution in [0.4, 0.5) is 0 Å². The van der Waals surface area contributed by atoms with Crippen LogP contribution in [0.1, 0.15) is 27.7 Å². The quantitative estimate of drug-likeness (QED) is 0.382. The van der Waals surface area contributed by atoms with Crippen LogP contribution in [-0.4, -0.2) is 10.8 Å². The van der Waals surface area contributed by atoms with Crippen molar-refractivity contribution in [1.82, 2.24) is 0 Å². The Bertz CT molecular complexity index is 376. The molecule has 0 bridgehead atoms. The van der Waals surface area contributed by atoms with Crippen molar-refractivity contribution in [3.8, 4) is 0 Å². The van der Waals surface area contributed by atoms with E-state index in [1.807, 2.05) is 12.2 Å². The summed E-state index contributed by atoms with van der Waals surface area (Å²) in [6.45, 7) is 12.5. The molecule has 2 heteroatoms. The maximum atomic E-state index is 4.10. The van der Waals surface area contributed by atoms with Gasteiger partial charge in [0.25, 0.3) is 0 Å². The topological polar surface area (TPSA) is 12.4 Å². The molecule has 1 nitrogen and oxygen atoms in total. The predicted molar refractivity (Wildman–Crippen MR) is 88.0 cm³/mol. The van der Waals surface area contributed by atoms with Gasteiger partial charge in [0.05, 0.1) is 3.72 Å². The summed E-state index contributed by atoms with van der Waals surface area (Å²) in [5.74, 6) is 0. The molecule has 0 atom stereocenters. The molecule has 0 aliphatic heterocycles. The molecule has 0 spiro atoms. The van der Waals surface area contributed by atoms with Gasteiger partial charge in [-0.15, -0.1) is 0 Å². The summed E-state index contributed by atoms with van der Waals surface area (Å²) in [6.07, 6.45) is 10.1. The first-order valence-electron chi connectivity index (χ1n) is 5.63. The highest BCUT2D eigenvalue weighted by Gasteiger charge is 2.15. The number of hydrogen-bond acceptors (Lipinski definition) is 1. The monoisotopic (exact) mass is 343 g/mol. The van der Waals surface area contributed by atoms with Gasteiger partial charge in [-0.2, -0.15) is 0 Å². The number of allylic oxidation sites excluding steroid dienone is 7. The average Bonchev–Trinajstić information content (AvgIpc) is 2.24. The Hall–Kier alpha value is -0.640. The van der Waals surface area contributed by atoms with Crippen molar-refractivity contribution in [3.05, 3.63) is 48.1 Å². The Morgan fingerprint density at radius 2 is 1.76 bits per heavy atom. The molecule has 0 aromatic rings. The second kappa shape index (κ2) is 7.64. The molecule has 0 aliphatic rings. The van der Waals surface area contributed by atoms with Crippen molar-refractivity contribution < 1.29 is 0 Å². The Kier molecular flexibility index (Phi) is 7.35. The number of halogens is 1. The van der Waals surface area contributed by atoms with Crippen LogP contribution in [0.25, 0.3) is 0 Å². The highest BCUT2D eigenvalue weighted by molar-refractivity contribution is 14.1. The standard InChI is InChI=1S/C15H22IN/c1-7-8-9-13(15(3,4)5)12(2)10-11-14(16)17-6/h7-11H,1H2,2-6H3/b9-8-,11-10-,13-12-,17-14?. The minimum atomic E-state index is 0.128. The summed E-state index contributed by atoms with van der Waals surface area (Å²) in [7, 11) is 1.80. The Labute approximate surface area is 119 Å². The van der Waals surface area contributed by atoms with Crippen molar-refractivity contribution in [2.24, 2.45) is 10.4 Å². The SMILES string of the molecule is C=C\C=C/C(=C(C)/C=C\C(I)=NC)C(C)(C)C. The first kappa shape index (κ1) is 16.4. The lowest BCUT2D eigenvalue weighted by molar-refractivity contribution is 0.513. The zero-order chi connectivity index (χ0) is 13.5. The molecular formula is C15H22IN. The summed E-state index contributed by atoms with van der Waals surface area (Å²) in [5.41, 5.74) is 2.70. The number of aliphatic imine (C=N–C) groups is 1. The molecule has 0 N–H and O–H groups in total. The third-order valence-electron chi connectivity index (χ3n) is 2.32. The molecule has 0 aromatic carbocycles. The van der Waals surface area contributed by atoms with Crippen LogP contribution in [0.3, 0.4) is 0 Å². The van der Waals surface area contributed by atoms with Gasteiger partial charge < -0.3 is 0 Å². The van der Waals surface area contributed by atoms with Crippen molar-refractivity contribution in [2.75, 3.05) is 7.05 Å². The molecule has 0 unspecified atom stereocenters. The van der Waals surface area contributed by atoms with Crippen LogP contribution in [-0.2, 0) is 0 Å². The fraction of sp³-hybridized carbons (Fsp3) is 0.400. The van der Waals surface area contributed by atoms with Gasteiger partial charge in [-0.05, 0) is 52.2 Å². The summed E-state index contributed by atoms with van der Waals surface area (Å²) >= 11 is 2.22. The molecule has 17 heavy (non-hydrogen) atoms. The van der Waals surface area contributed by atoms with Crippen LogP contribution in [0, 0.1) is 5.41 Å². The third-order valence-corrected chi connectivity index (χ3v) is 3.16. The van der Waals surface area contributed by atoms with E-state index >= 15 is 0 Å². The molecule has 0 aromatic heterocycles. The maximum Gasteiger partial charge on any atom is 0.0950 e. The molecule has 0 saturated carbocycles. The van der Waals surface area contributed by atoms with Gasteiger partial charge in [-0.1, -0.05) is 51.7 Å². The zero-order valence-corrected chi connectivity index (χ0v) is 13.6. The number of nitrogens with zero attached hydrogens (tertiary/aromatic N) is 1. The van der Waals surface area contributed by atoms with Gasteiger partial charge >= 0.3 is 0 Å². The van der Waals surface area contributed by atoms with Gasteiger partial charge in [-0.25, -0.2) is 0 Å². The largest absolute Gasteiger partial charge is 0.282 e. The molecule has 0 heterocycles. The lowest BCUT2D eigenvalue weighted by Crippen LogP contribution is -2.09. The van der Waals surface area contributed by atoms with Crippen molar-refractivity contribution in [2.45, 2.75) is 27.7 Å². The van der Waals surface area contributed by atoms with Crippen LogP contribution in [0.15, 0.2) is 53.1 Å². The van der Waals surface area contributed by atoms with E-state index in [1.165, 1.54) is 11.1 Å². The summed E-state index contributed by atoms with van der Waals surface area (Å²) in [4.78, 5) is 4.10. The van der Waals surface area contributed by atoms with Crippen molar-refractivity contribution in [1.29, 1.82) is 0 Å². The van der Waals surface area contributed by atoms with E-state index in [0.29, 0.717) is 0 Å². The lowest BCUT2D eigenvalue weighted by atomic mass is 9.83. The fourth-order valence-electron chi connectivity index (χ4n) is 1.50. The summed E-state index contributed by atoms with van der Waals surface area (Å²) in [5, 5.41) is 0. The van der Waals surface area contributed by atoms with Crippen molar-refractivity contribution in [3.63, 3.8) is 0 Å². The smallest absolute Gasteiger partial charge is 0.0950 e. The second-order valence-electron chi connectivity index (χ2n) is 4.82. The van der Waals surface area contributed by atoms with E-state index in [0.717, 1.165) is 3.72 Å². The Balaban J connectivity index is 5.33. The van der Waals surface area contributed by atoms with Gasteiger partial charge in [0, 0.05) is 7.05 Å². The van der Waals surface area contributed by atoms with Crippen LogP contribution in [0.2, 0.25) is 0 Å². The number of rotatable bonds is 4. The molecule has 94 valence electrons. The maximum absolute atomic E-state index is 4.10. The molecule has 0 radical (unpaired) electrons. The van der Waals surface area contributed by atoms with E-state index in [1.54, 1.807) is 13.1 Å². The first-order valence-corrected chi connectivity index (χ1v) is 6.71. The zero-order valence-electron chi connectivity index (χ0n) is 11.4. The van der Waals surface area contributed by atoms with Crippen LogP contribution in [0.5, 0.6) is 0 Å². The fourth-order valence-corrected chi connectivity index (χ4v) is 1.68. The minimum Gasteiger partial charge on any atom is -0.282 e. The summed E-state index contributed by atoms with van der Waals surface area (Å²) < 4.78 is 1.00.